The molecule has 2 heterocycles. The zero-order chi connectivity index (χ0) is 14.8. The van der Waals surface area contributed by atoms with Crippen molar-refractivity contribution in [2.75, 3.05) is 6.61 Å². The van der Waals surface area contributed by atoms with Crippen molar-refractivity contribution >= 4 is 0 Å². The lowest BCUT2D eigenvalue weighted by Crippen LogP contribution is -2.32. The Bertz CT molecular complexity index is 339. The van der Waals surface area contributed by atoms with Crippen LogP contribution in [-0.2, 0) is 14.2 Å². The summed E-state index contributed by atoms with van der Waals surface area (Å²) in [7, 11) is 0. The Morgan fingerprint density at radius 3 is 2.65 bits per heavy atom. The first-order valence-corrected chi connectivity index (χ1v) is 7.38. The first kappa shape index (κ1) is 15.9. The molecule has 0 spiro atoms. The van der Waals surface area contributed by atoms with Crippen LogP contribution in [0.1, 0.15) is 40.0 Å². The summed E-state index contributed by atoms with van der Waals surface area (Å²) < 4.78 is 17.6. The van der Waals surface area contributed by atoms with Crippen molar-refractivity contribution in [1.82, 2.24) is 0 Å². The van der Waals surface area contributed by atoms with Crippen LogP contribution in [0.2, 0.25) is 0 Å². The second-order valence-electron chi connectivity index (χ2n) is 6.12. The highest BCUT2D eigenvalue weighted by Crippen LogP contribution is 2.43. The van der Waals surface area contributed by atoms with Gasteiger partial charge in [-0.15, -0.1) is 0 Å². The van der Waals surface area contributed by atoms with Crippen LogP contribution in [0, 0.1) is 5.92 Å². The number of allylic oxidation sites excluding steroid dienone is 1. The van der Waals surface area contributed by atoms with E-state index in [1.807, 2.05) is 19.9 Å². The lowest BCUT2D eigenvalue weighted by atomic mass is 9.90. The van der Waals surface area contributed by atoms with Gasteiger partial charge in [0.15, 0.2) is 12.1 Å². The van der Waals surface area contributed by atoms with Gasteiger partial charge in [0.2, 0.25) is 0 Å². The zero-order valence-corrected chi connectivity index (χ0v) is 12.5. The van der Waals surface area contributed by atoms with Crippen LogP contribution in [0.5, 0.6) is 0 Å². The van der Waals surface area contributed by atoms with Gasteiger partial charge < -0.3 is 24.4 Å². The molecule has 2 aliphatic heterocycles. The van der Waals surface area contributed by atoms with E-state index < -0.39 is 5.79 Å². The van der Waals surface area contributed by atoms with Crippen molar-refractivity contribution < 1.29 is 24.4 Å². The Balaban J connectivity index is 1.97. The van der Waals surface area contributed by atoms with Gasteiger partial charge in [0, 0.05) is 5.92 Å². The average Bonchev–Trinajstić information content (AvgIpc) is 2.78. The highest BCUT2D eigenvalue weighted by atomic mass is 16.8. The molecule has 0 aromatic heterocycles. The van der Waals surface area contributed by atoms with Crippen molar-refractivity contribution in [2.45, 2.75) is 70.4 Å². The summed E-state index contributed by atoms with van der Waals surface area (Å²) in [5.41, 5.74) is 0. The number of fused-ring (bicyclic) bond motifs is 1. The maximum atomic E-state index is 9.69. The first-order valence-electron chi connectivity index (χ1n) is 7.38. The lowest BCUT2D eigenvalue weighted by molar-refractivity contribution is -0.211. The van der Waals surface area contributed by atoms with E-state index in [0.29, 0.717) is 6.42 Å². The van der Waals surface area contributed by atoms with Gasteiger partial charge in [-0.1, -0.05) is 12.2 Å². The summed E-state index contributed by atoms with van der Waals surface area (Å²) in [6.45, 7) is 5.62. The lowest BCUT2D eigenvalue weighted by Gasteiger charge is -2.26. The minimum atomic E-state index is -0.617. The smallest absolute Gasteiger partial charge is 0.187 e. The molecule has 2 rings (SSSR count). The molecular formula is C15H26O5. The first-order chi connectivity index (χ1) is 9.43. The van der Waals surface area contributed by atoms with E-state index in [1.54, 1.807) is 13.0 Å². The molecule has 20 heavy (non-hydrogen) atoms. The molecule has 116 valence electrons. The molecule has 2 aliphatic rings. The Labute approximate surface area is 120 Å². The van der Waals surface area contributed by atoms with Crippen molar-refractivity contribution in [1.29, 1.82) is 0 Å². The van der Waals surface area contributed by atoms with Gasteiger partial charge in [0.05, 0.1) is 18.8 Å². The Kier molecular flexibility index (Phi) is 5.20. The van der Waals surface area contributed by atoms with E-state index in [-0.39, 0.29) is 37.1 Å². The molecule has 0 aromatic carbocycles. The summed E-state index contributed by atoms with van der Waals surface area (Å²) in [6.07, 6.45) is 5.21. The Morgan fingerprint density at radius 2 is 2.00 bits per heavy atom. The fourth-order valence-corrected chi connectivity index (χ4v) is 3.05. The van der Waals surface area contributed by atoms with E-state index in [1.165, 1.54) is 0 Å². The maximum Gasteiger partial charge on any atom is 0.187 e. The van der Waals surface area contributed by atoms with Crippen LogP contribution in [0.25, 0.3) is 0 Å². The minimum Gasteiger partial charge on any atom is -0.393 e. The molecule has 5 nitrogen and oxygen atoms in total. The number of hydrogen-bond acceptors (Lipinski definition) is 5. The quantitative estimate of drug-likeness (QED) is 0.726. The molecule has 0 bridgehead atoms. The van der Waals surface area contributed by atoms with Gasteiger partial charge in [-0.2, -0.15) is 0 Å². The van der Waals surface area contributed by atoms with Crippen molar-refractivity contribution in [2.24, 2.45) is 5.92 Å². The van der Waals surface area contributed by atoms with E-state index in [0.717, 1.165) is 12.8 Å². The number of aliphatic hydroxyl groups excluding tert-OH is 2. The fourth-order valence-electron chi connectivity index (χ4n) is 3.05. The van der Waals surface area contributed by atoms with E-state index in [9.17, 15) is 5.11 Å². The molecule has 0 aliphatic carbocycles. The van der Waals surface area contributed by atoms with Crippen LogP contribution >= 0.6 is 0 Å². The van der Waals surface area contributed by atoms with Crippen LogP contribution in [-0.4, -0.2) is 47.2 Å². The van der Waals surface area contributed by atoms with Gasteiger partial charge in [-0.3, -0.25) is 0 Å². The van der Waals surface area contributed by atoms with Crippen LogP contribution in [0.3, 0.4) is 0 Å². The van der Waals surface area contributed by atoms with Gasteiger partial charge in [0.25, 0.3) is 0 Å². The highest BCUT2D eigenvalue weighted by molar-refractivity contribution is 4.94. The number of rotatable bonds is 6. The van der Waals surface area contributed by atoms with Gasteiger partial charge >= 0.3 is 0 Å². The second-order valence-corrected chi connectivity index (χ2v) is 6.12. The molecule has 0 amide bonds. The van der Waals surface area contributed by atoms with Gasteiger partial charge in [-0.05, 0) is 40.0 Å². The Hall–Kier alpha value is -0.460. The topological polar surface area (TPSA) is 68.2 Å². The third-order valence-electron chi connectivity index (χ3n) is 3.80. The monoisotopic (exact) mass is 286 g/mol. The minimum absolute atomic E-state index is 0.0269. The third-order valence-corrected chi connectivity index (χ3v) is 3.80. The molecular weight excluding hydrogens is 260 g/mol. The normalized spacial score (nSPS) is 37.5. The zero-order valence-electron chi connectivity index (χ0n) is 12.5. The summed E-state index contributed by atoms with van der Waals surface area (Å²) >= 11 is 0. The second kappa shape index (κ2) is 6.54. The number of aliphatic hydroxyl groups is 2. The molecule has 5 heteroatoms. The summed E-state index contributed by atoms with van der Waals surface area (Å²) in [4.78, 5) is 0. The maximum absolute atomic E-state index is 9.69. The molecule has 5 atom stereocenters. The predicted molar refractivity (Wildman–Crippen MR) is 73.9 cm³/mol. The van der Waals surface area contributed by atoms with Crippen molar-refractivity contribution in [3.8, 4) is 0 Å². The van der Waals surface area contributed by atoms with E-state index in [2.05, 4.69) is 0 Å². The van der Waals surface area contributed by atoms with E-state index in [4.69, 9.17) is 19.3 Å². The molecule has 2 N–H and O–H groups in total. The third kappa shape index (κ3) is 3.80. The highest BCUT2D eigenvalue weighted by Gasteiger charge is 2.54. The molecule has 2 fully saturated rings. The summed E-state index contributed by atoms with van der Waals surface area (Å²) in [5, 5.41) is 18.4. The number of ether oxygens (including phenoxy) is 3. The van der Waals surface area contributed by atoms with Crippen molar-refractivity contribution in [3.63, 3.8) is 0 Å². The molecule has 0 radical (unpaired) electrons. The Morgan fingerprint density at radius 1 is 1.25 bits per heavy atom. The van der Waals surface area contributed by atoms with Crippen LogP contribution in [0.15, 0.2) is 12.2 Å². The summed E-state index contributed by atoms with van der Waals surface area (Å²) in [6, 6.07) is 0. The standard InChI is InChI=1S/C15H26O5/c1-10(17)9-11-12(7-5-4-6-8-16)18-14-13(11)19-15(2,3)20-14/h4,6,10-14,16-17H,5,7-9H2,1-3H3/b6-4+/t10?,11-,12-,13-,14-/m1/s1. The molecule has 1 unspecified atom stereocenters. The fraction of sp³-hybridized carbons (Fsp3) is 0.867. The van der Waals surface area contributed by atoms with Gasteiger partial charge in [-0.25, -0.2) is 0 Å². The van der Waals surface area contributed by atoms with Gasteiger partial charge in [0.1, 0.15) is 6.10 Å². The van der Waals surface area contributed by atoms with Crippen LogP contribution in [0.4, 0.5) is 0 Å². The largest absolute Gasteiger partial charge is 0.393 e. The molecule has 0 aromatic rings. The summed E-state index contributed by atoms with van der Waals surface area (Å²) in [5.74, 6) is -0.474. The van der Waals surface area contributed by atoms with E-state index >= 15 is 0 Å². The average molecular weight is 286 g/mol. The van der Waals surface area contributed by atoms with Crippen LogP contribution < -0.4 is 0 Å². The van der Waals surface area contributed by atoms with Crippen molar-refractivity contribution in [3.05, 3.63) is 12.2 Å². The SMILES string of the molecule is CC(O)C[C@H]1[C@H]2OC(C)(C)O[C@H]2O[C@@H]1CC/C=C/CO. The number of hydrogen-bond donors (Lipinski definition) is 2. The molecule has 2 saturated heterocycles. The predicted octanol–water partition coefficient (Wildman–Crippen LogP) is 1.58. The molecule has 0 saturated carbocycles.